The third kappa shape index (κ3) is 2.54. The standard InChI is InChI=1S/C11H18N2O/c1-11(9-14,13-8-7-12)10-5-3-2-4-6-10/h2-6,13-14H,7-9,12H2,1H3. The summed E-state index contributed by atoms with van der Waals surface area (Å²) in [6.07, 6.45) is 0. The monoisotopic (exact) mass is 194 g/mol. The van der Waals surface area contributed by atoms with Crippen LogP contribution in [0.5, 0.6) is 0 Å². The molecule has 1 rings (SSSR count). The summed E-state index contributed by atoms with van der Waals surface area (Å²) in [6, 6.07) is 9.89. The zero-order chi connectivity index (χ0) is 10.4. The summed E-state index contributed by atoms with van der Waals surface area (Å²) in [6.45, 7) is 3.31. The average Bonchev–Trinajstić information content (AvgIpc) is 2.27. The van der Waals surface area contributed by atoms with E-state index in [1.54, 1.807) is 0 Å². The van der Waals surface area contributed by atoms with E-state index in [0.717, 1.165) is 5.56 Å². The Kier molecular flexibility index (Phi) is 4.07. The van der Waals surface area contributed by atoms with Crippen molar-refractivity contribution in [3.8, 4) is 0 Å². The number of nitrogens with one attached hydrogen (secondary N) is 1. The normalized spacial score (nSPS) is 15.1. The quantitative estimate of drug-likeness (QED) is 0.637. The van der Waals surface area contributed by atoms with Crippen LogP contribution in [0.3, 0.4) is 0 Å². The number of hydrogen-bond donors (Lipinski definition) is 3. The van der Waals surface area contributed by atoms with Crippen LogP contribution in [-0.4, -0.2) is 24.8 Å². The Balaban J connectivity index is 2.79. The summed E-state index contributed by atoms with van der Waals surface area (Å²) in [5, 5.41) is 12.6. The van der Waals surface area contributed by atoms with Crippen LogP contribution in [0.25, 0.3) is 0 Å². The molecule has 0 heterocycles. The largest absolute Gasteiger partial charge is 0.394 e. The van der Waals surface area contributed by atoms with Crippen LogP contribution in [-0.2, 0) is 5.54 Å². The number of aliphatic hydroxyl groups excluding tert-OH is 1. The van der Waals surface area contributed by atoms with Gasteiger partial charge in [-0.1, -0.05) is 30.3 Å². The molecule has 1 atom stereocenters. The molecule has 4 N–H and O–H groups in total. The maximum absolute atomic E-state index is 9.36. The van der Waals surface area contributed by atoms with Crippen molar-refractivity contribution in [1.29, 1.82) is 0 Å². The smallest absolute Gasteiger partial charge is 0.0652 e. The first-order valence-electron chi connectivity index (χ1n) is 4.84. The molecular formula is C11H18N2O. The molecule has 0 aliphatic carbocycles. The molecule has 0 saturated carbocycles. The molecule has 0 spiro atoms. The molecule has 3 nitrogen and oxygen atoms in total. The first kappa shape index (κ1) is 11.2. The fourth-order valence-corrected chi connectivity index (χ4v) is 1.40. The molecule has 0 radical (unpaired) electrons. The van der Waals surface area contributed by atoms with Gasteiger partial charge in [-0.3, -0.25) is 0 Å². The van der Waals surface area contributed by atoms with Gasteiger partial charge in [0, 0.05) is 13.1 Å². The first-order valence-corrected chi connectivity index (χ1v) is 4.84. The highest BCUT2D eigenvalue weighted by Gasteiger charge is 2.23. The summed E-state index contributed by atoms with van der Waals surface area (Å²) < 4.78 is 0. The first-order chi connectivity index (χ1) is 6.73. The minimum Gasteiger partial charge on any atom is -0.394 e. The van der Waals surface area contributed by atoms with Gasteiger partial charge in [0.25, 0.3) is 0 Å². The predicted molar refractivity (Wildman–Crippen MR) is 57.9 cm³/mol. The topological polar surface area (TPSA) is 58.3 Å². The summed E-state index contributed by atoms with van der Waals surface area (Å²) in [4.78, 5) is 0. The van der Waals surface area contributed by atoms with Crippen LogP contribution in [0.4, 0.5) is 0 Å². The van der Waals surface area contributed by atoms with E-state index >= 15 is 0 Å². The van der Waals surface area contributed by atoms with E-state index in [4.69, 9.17) is 5.73 Å². The van der Waals surface area contributed by atoms with Gasteiger partial charge in [-0.2, -0.15) is 0 Å². The highest BCUT2D eigenvalue weighted by molar-refractivity contribution is 5.23. The highest BCUT2D eigenvalue weighted by Crippen LogP contribution is 2.18. The van der Waals surface area contributed by atoms with Gasteiger partial charge in [-0.25, -0.2) is 0 Å². The summed E-state index contributed by atoms with van der Waals surface area (Å²) in [5.74, 6) is 0. The second-order valence-electron chi connectivity index (χ2n) is 3.57. The second kappa shape index (κ2) is 5.10. The van der Waals surface area contributed by atoms with Crippen LogP contribution in [0, 0.1) is 0 Å². The molecule has 78 valence electrons. The van der Waals surface area contributed by atoms with Crippen molar-refractivity contribution < 1.29 is 5.11 Å². The molecule has 1 unspecified atom stereocenters. The van der Waals surface area contributed by atoms with Gasteiger partial charge in [-0.05, 0) is 12.5 Å². The molecule has 0 aromatic heterocycles. The van der Waals surface area contributed by atoms with Gasteiger partial charge in [0.05, 0.1) is 12.1 Å². The molecule has 1 aromatic rings. The van der Waals surface area contributed by atoms with Crippen LogP contribution in [0.15, 0.2) is 30.3 Å². The fourth-order valence-electron chi connectivity index (χ4n) is 1.40. The predicted octanol–water partition coefficient (Wildman–Crippen LogP) is 0.442. The minimum absolute atomic E-state index is 0.0665. The third-order valence-corrected chi connectivity index (χ3v) is 2.39. The zero-order valence-corrected chi connectivity index (χ0v) is 8.53. The third-order valence-electron chi connectivity index (χ3n) is 2.39. The SMILES string of the molecule is CC(CO)(NCCN)c1ccccc1. The molecule has 0 saturated heterocycles. The van der Waals surface area contributed by atoms with Crippen LogP contribution >= 0.6 is 0 Å². The Morgan fingerprint density at radius 2 is 2.00 bits per heavy atom. The highest BCUT2D eigenvalue weighted by atomic mass is 16.3. The number of rotatable bonds is 5. The average molecular weight is 194 g/mol. The van der Waals surface area contributed by atoms with Crippen LogP contribution < -0.4 is 11.1 Å². The van der Waals surface area contributed by atoms with Crippen molar-refractivity contribution in [3.63, 3.8) is 0 Å². The number of nitrogens with two attached hydrogens (primary N) is 1. The number of benzene rings is 1. The van der Waals surface area contributed by atoms with Crippen molar-refractivity contribution in [1.82, 2.24) is 5.32 Å². The molecule has 14 heavy (non-hydrogen) atoms. The summed E-state index contributed by atoms with van der Waals surface area (Å²) in [7, 11) is 0. The van der Waals surface area contributed by atoms with Crippen LogP contribution in [0.1, 0.15) is 12.5 Å². The van der Waals surface area contributed by atoms with E-state index in [1.165, 1.54) is 0 Å². The molecule has 3 heteroatoms. The van der Waals surface area contributed by atoms with Crippen LogP contribution in [0.2, 0.25) is 0 Å². The van der Waals surface area contributed by atoms with Crippen molar-refractivity contribution in [2.75, 3.05) is 19.7 Å². The Labute approximate surface area is 84.9 Å². The molecule has 0 amide bonds. The lowest BCUT2D eigenvalue weighted by molar-refractivity contribution is 0.176. The lowest BCUT2D eigenvalue weighted by atomic mass is 9.93. The summed E-state index contributed by atoms with van der Waals surface area (Å²) in [5.41, 5.74) is 6.12. The molecular weight excluding hydrogens is 176 g/mol. The number of aliphatic hydroxyl groups is 1. The second-order valence-corrected chi connectivity index (χ2v) is 3.57. The van der Waals surface area contributed by atoms with Crippen molar-refractivity contribution in [2.24, 2.45) is 5.73 Å². The molecule has 0 fully saturated rings. The maximum atomic E-state index is 9.36. The zero-order valence-electron chi connectivity index (χ0n) is 8.53. The van der Waals surface area contributed by atoms with Gasteiger partial charge in [-0.15, -0.1) is 0 Å². The summed E-state index contributed by atoms with van der Waals surface area (Å²) >= 11 is 0. The fraction of sp³-hybridized carbons (Fsp3) is 0.455. The van der Waals surface area contributed by atoms with Crippen molar-refractivity contribution in [3.05, 3.63) is 35.9 Å². The van der Waals surface area contributed by atoms with Gasteiger partial charge >= 0.3 is 0 Å². The lowest BCUT2D eigenvalue weighted by Crippen LogP contribution is -2.45. The van der Waals surface area contributed by atoms with Crippen molar-refractivity contribution >= 4 is 0 Å². The maximum Gasteiger partial charge on any atom is 0.0652 e. The number of hydrogen-bond acceptors (Lipinski definition) is 3. The minimum atomic E-state index is -0.388. The van der Waals surface area contributed by atoms with E-state index in [2.05, 4.69) is 5.32 Å². The Hall–Kier alpha value is -0.900. The Morgan fingerprint density at radius 1 is 1.36 bits per heavy atom. The van der Waals surface area contributed by atoms with Gasteiger partial charge in [0.15, 0.2) is 0 Å². The molecule has 1 aromatic carbocycles. The lowest BCUT2D eigenvalue weighted by Gasteiger charge is -2.29. The van der Waals surface area contributed by atoms with E-state index < -0.39 is 0 Å². The molecule has 0 aliphatic heterocycles. The van der Waals surface area contributed by atoms with Gasteiger partial charge in [0.2, 0.25) is 0 Å². The van der Waals surface area contributed by atoms with E-state index in [9.17, 15) is 5.11 Å². The Morgan fingerprint density at radius 3 is 2.50 bits per heavy atom. The van der Waals surface area contributed by atoms with Crippen molar-refractivity contribution in [2.45, 2.75) is 12.5 Å². The van der Waals surface area contributed by atoms with E-state index in [1.807, 2.05) is 37.3 Å². The van der Waals surface area contributed by atoms with Gasteiger partial charge < -0.3 is 16.2 Å². The molecule has 0 bridgehead atoms. The molecule has 0 aliphatic rings. The Bertz CT molecular complexity index is 263. The van der Waals surface area contributed by atoms with Gasteiger partial charge in [0.1, 0.15) is 0 Å². The van der Waals surface area contributed by atoms with E-state index in [-0.39, 0.29) is 12.1 Å². The van der Waals surface area contributed by atoms with E-state index in [0.29, 0.717) is 13.1 Å².